The van der Waals surface area contributed by atoms with Gasteiger partial charge in [-0.2, -0.15) is 0 Å². The molecule has 1 aromatic rings. The van der Waals surface area contributed by atoms with Gasteiger partial charge in [-0.25, -0.2) is 0 Å². The van der Waals surface area contributed by atoms with Crippen LogP contribution in [-0.4, -0.2) is 18.3 Å². The van der Waals surface area contributed by atoms with Gasteiger partial charge >= 0.3 is 0 Å². The lowest BCUT2D eigenvalue weighted by Gasteiger charge is -2.25. The van der Waals surface area contributed by atoms with Gasteiger partial charge < -0.3 is 9.47 Å². The van der Waals surface area contributed by atoms with Crippen molar-refractivity contribution in [3.63, 3.8) is 0 Å². The number of epoxide rings is 2. The summed E-state index contributed by atoms with van der Waals surface area (Å²) in [5, 5.41) is 0.763. The summed E-state index contributed by atoms with van der Waals surface area (Å²) >= 11 is 5.88. The fraction of sp³-hybridized carbons (Fsp3) is 0.571. The summed E-state index contributed by atoms with van der Waals surface area (Å²) in [5.74, 6) is 0. The summed E-state index contributed by atoms with van der Waals surface area (Å²) in [6.07, 6.45) is 0.373. The number of benzene rings is 1. The summed E-state index contributed by atoms with van der Waals surface area (Å²) in [7, 11) is 0. The average molecular weight is 253 g/mol. The van der Waals surface area contributed by atoms with E-state index in [1.807, 2.05) is 24.3 Å². The van der Waals surface area contributed by atoms with Crippen molar-refractivity contribution in [2.45, 2.75) is 38.6 Å². The van der Waals surface area contributed by atoms with Crippen LogP contribution in [0.4, 0.5) is 0 Å². The Kier molecular flexibility index (Phi) is 2.35. The lowest BCUT2D eigenvalue weighted by Crippen LogP contribution is -2.36. The molecule has 2 fully saturated rings. The van der Waals surface area contributed by atoms with Crippen molar-refractivity contribution in [2.75, 3.05) is 6.61 Å². The van der Waals surface area contributed by atoms with Crippen LogP contribution in [-0.2, 0) is 9.47 Å². The fourth-order valence-electron chi connectivity index (χ4n) is 2.47. The third-order valence-electron chi connectivity index (χ3n) is 3.87. The van der Waals surface area contributed by atoms with Gasteiger partial charge in [-0.05, 0) is 23.1 Å². The molecule has 0 spiro atoms. The van der Waals surface area contributed by atoms with Crippen LogP contribution in [0.15, 0.2) is 24.3 Å². The Hall–Kier alpha value is -0.570. The Morgan fingerprint density at radius 3 is 2.29 bits per heavy atom. The van der Waals surface area contributed by atoms with E-state index in [4.69, 9.17) is 21.1 Å². The predicted octanol–water partition coefficient (Wildman–Crippen LogP) is 3.60. The number of hydrogen-bond acceptors (Lipinski definition) is 2. The van der Waals surface area contributed by atoms with Gasteiger partial charge in [0.2, 0.25) is 0 Å². The molecule has 2 heterocycles. The molecule has 0 N–H and O–H groups in total. The van der Waals surface area contributed by atoms with Crippen LogP contribution in [0.25, 0.3) is 0 Å². The highest BCUT2D eigenvalue weighted by Gasteiger charge is 2.68. The van der Waals surface area contributed by atoms with Crippen LogP contribution in [0.1, 0.15) is 32.4 Å². The Morgan fingerprint density at radius 2 is 1.82 bits per heavy atom. The standard InChI is InChI=1S/C14H17ClO2/c1-13(2,3)14(8-16-14)12-11(17-12)9-4-6-10(15)7-5-9/h4-7,11-12H,8H2,1-3H3/t11-,12-,14+/m0/s1. The van der Waals surface area contributed by atoms with Gasteiger partial charge in [0.25, 0.3) is 0 Å². The summed E-state index contributed by atoms with van der Waals surface area (Å²) < 4.78 is 11.5. The van der Waals surface area contributed by atoms with Crippen LogP contribution in [0, 0.1) is 5.41 Å². The Bertz CT molecular complexity index is 429. The highest BCUT2D eigenvalue weighted by molar-refractivity contribution is 6.30. The first kappa shape index (κ1) is 11.5. The first-order valence-electron chi connectivity index (χ1n) is 5.99. The normalized spacial score (nSPS) is 35.8. The van der Waals surface area contributed by atoms with Crippen molar-refractivity contribution in [1.29, 1.82) is 0 Å². The third kappa shape index (κ3) is 1.79. The molecule has 1 aromatic carbocycles. The van der Waals surface area contributed by atoms with E-state index < -0.39 is 0 Å². The van der Waals surface area contributed by atoms with E-state index in [1.165, 1.54) is 5.56 Å². The van der Waals surface area contributed by atoms with E-state index in [0.29, 0.717) is 0 Å². The van der Waals surface area contributed by atoms with Crippen molar-refractivity contribution >= 4 is 11.6 Å². The van der Waals surface area contributed by atoms with Gasteiger partial charge in [-0.1, -0.05) is 44.5 Å². The summed E-state index contributed by atoms with van der Waals surface area (Å²) in [5.41, 5.74) is 1.23. The second kappa shape index (κ2) is 3.47. The monoisotopic (exact) mass is 252 g/mol. The molecule has 0 amide bonds. The quantitative estimate of drug-likeness (QED) is 0.752. The second-order valence-corrected chi connectivity index (χ2v) is 6.39. The van der Waals surface area contributed by atoms with Crippen molar-refractivity contribution < 1.29 is 9.47 Å². The molecule has 17 heavy (non-hydrogen) atoms. The lowest BCUT2D eigenvalue weighted by atomic mass is 9.77. The first-order valence-corrected chi connectivity index (χ1v) is 6.37. The lowest BCUT2D eigenvalue weighted by molar-refractivity contribution is 0.119. The number of halogens is 1. The van der Waals surface area contributed by atoms with Crippen molar-refractivity contribution in [3.8, 4) is 0 Å². The molecule has 2 aliphatic rings. The van der Waals surface area contributed by atoms with Gasteiger partial charge in [0.1, 0.15) is 17.8 Å². The fourth-order valence-corrected chi connectivity index (χ4v) is 2.60. The average Bonchev–Trinajstić information content (AvgIpc) is 3.11. The summed E-state index contributed by atoms with van der Waals surface area (Å²) in [6, 6.07) is 7.89. The van der Waals surface area contributed by atoms with Crippen LogP contribution in [0.3, 0.4) is 0 Å². The van der Waals surface area contributed by atoms with Gasteiger partial charge in [-0.3, -0.25) is 0 Å². The van der Waals surface area contributed by atoms with Crippen molar-refractivity contribution in [3.05, 3.63) is 34.9 Å². The van der Waals surface area contributed by atoms with Crippen molar-refractivity contribution in [1.82, 2.24) is 0 Å². The minimum Gasteiger partial charge on any atom is -0.366 e. The van der Waals surface area contributed by atoms with Gasteiger partial charge in [0.15, 0.2) is 0 Å². The Morgan fingerprint density at radius 1 is 1.24 bits per heavy atom. The molecule has 0 aromatic heterocycles. The maximum absolute atomic E-state index is 5.88. The molecule has 0 aliphatic carbocycles. The second-order valence-electron chi connectivity index (χ2n) is 5.96. The minimum atomic E-state index is -0.0860. The van der Waals surface area contributed by atoms with E-state index in [0.717, 1.165) is 11.6 Å². The molecule has 0 radical (unpaired) electrons. The Balaban J connectivity index is 1.77. The molecule has 2 saturated heterocycles. The molecule has 2 nitrogen and oxygen atoms in total. The molecule has 92 valence electrons. The molecular formula is C14H17ClO2. The van der Waals surface area contributed by atoms with Crippen LogP contribution >= 0.6 is 11.6 Å². The largest absolute Gasteiger partial charge is 0.366 e. The Labute approximate surface area is 107 Å². The van der Waals surface area contributed by atoms with Gasteiger partial charge in [0.05, 0.1) is 6.61 Å². The van der Waals surface area contributed by atoms with Gasteiger partial charge in [-0.15, -0.1) is 0 Å². The minimum absolute atomic E-state index is 0.0860. The van der Waals surface area contributed by atoms with Crippen molar-refractivity contribution in [2.24, 2.45) is 5.41 Å². The van der Waals surface area contributed by atoms with E-state index >= 15 is 0 Å². The van der Waals surface area contributed by atoms with E-state index in [2.05, 4.69) is 20.8 Å². The van der Waals surface area contributed by atoms with E-state index in [9.17, 15) is 0 Å². The molecule has 3 atom stereocenters. The van der Waals surface area contributed by atoms with E-state index in [-0.39, 0.29) is 23.2 Å². The maximum Gasteiger partial charge on any atom is 0.125 e. The van der Waals surface area contributed by atoms with Crippen LogP contribution < -0.4 is 0 Å². The molecule has 3 heteroatoms. The molecule has 3 rings (SSSR count). The zero-order chi connectivity index (χ0) is 12.3. The molecule has 0 saturated carbocycles. The van der Waals surface area contributed by atoms with Crippen LogP contribution in [0.5, 0.6) is 0 Å². The number of hydrogen-bond donors (Lipinski definition) is 0. The first-order chi connectivity index (χ1) is 7.94. The van der Waals surface area contributed by atoms with E-state index in [1.54, 1.807) is 0 Å². The third-order valence-corrected chi connectivity index (χ3v) is 4.13. The zero-order valence-electron chi connectivity index (χ0n) is 10.4. The zero-order valence-corrected chi connectivity index (χ0v) is 11.1. The molecular weight excluding hydrogens is 236 g/mol. The topological polar surface area (TPSA) is 25.1 Å². The summed E-state index contributed by atoms with van der Waals surface area (Å²) in [6.45, 7) is 7.44. The molecule has 0 bridgehead atoms. The maximum atomic E-state index is 5.88. The molecule has 2 aliphatic heterocycles. The number of ether oxygens (including phenoxy) is 2. The van der Waals surface area contributed by atoms with Gasteiger partial charge in [0, 0.05) is 5.02 Å². The predicted molar refractivity (Wildman–Crippen MR) is 67.2 cm³/mol. The summed E-state index contributed by atoms with van der Waals surface area (Å²) in [4.78, 5) is 0. The van der Waals surface area contributed by atoms with Crippen LogP contribution in [0.2, 0.25) is 5.02 Å². The molecule has 0 unspecified atom stereocenters. The number of rotatable bonds is 2. The highest BCUT2D eigenvalue weighted by atomic mass is 35.5. The SMILES string of the molecule is CC(C)(C)[C@]1([C@H]2O[C@H]2c2ccc(Cl)cc2)CO1. The smallest absolute Gasteiger partial charge is 0.125 e. The highest BCUT2D eigenvalue weighted by Crippen LogP contribution is 2.58.